The van der Waals surface area contributed by atoms with Crippen molar-refractivity contribution in [3.63, 3.8) is 0 Å². The zero-order valence-electron chi connectivity index (χ0n) is 14.6. The normalized spacial score (nSPS) is 10.6. The first-order chi connectivity index (χ1) is 13.2. The Hall–Kier alpha value is -2.67. The smallest absolute Gasteiger partial charge is 0.273 e. The molecule has 0 aliphatic rings. The molecule has 3 rings (SSSR count). The van der Waals surface area contributed by atoms with Gasteiger partial charge in [0.1, 0.15) is 11.5 Å². The van der Waals surface area contributed by atoms with Crippen molar-refractivity contribution in [1.29, 1.82) is 0 Å². The average Bonchev–Trinajstić information content (AvgIpc) is 2.94. The van der Waals surface area contributed by atoms with Crippen molar-refractivity contribution in [1.82, 2.24) is 9.78 Å². The van der Waals surface area contributed by atoms with Crippen LogP contribution in [0.1, 0.15) is 6.92 Å². The second-order valence-corrected chi connectivity index (χ2v) is 7.25. The second-order valence-electron chi connectivity index (χ2n) is 6.00. The molecule has 2 aromatic carbocycles. The quantitative estimate of drug-likeness (QED) is 0.469. The molecule has 1 heterocycles. The van der Waals surface area contributed by atoms with Gasteiger partial charge < -0.3 is 10.6 Å². The number of amides is 1. The monoisotopic (exact) mass is 436 g/mol. The van der Waals surface area contributed by atoms with Gasteiger partial charge in [-0.15, -0.1) is 0 Å². The summed E-state index contributed by atoms with van der Waals surface area (Å²) < 4.78 is 1.22. The molecule has 1 amide bonds. The summed E-state index contributed by atoms with van der Waals surface area (Å²) in [6.45, 7) is 5.23. The zero-order valence-corrected chi connectivity index (χ0v) is 16.9. The van der Waals surface area contributed by atoms with Crippen molar-refractivity contribution in [3.8, 4) is 5.69 Å². The number of aromatic nitrogens is 2. The summed E-state index contributed by atoms with van der Waals surface area (Å²) in [7, 11) is 0. The van der Waals surface area contributed by atoms with Gasteiger partial charge in [-0.25, -0.2) is 4.68 Å². The van der Waals surface area contributed by atoms with E-state index < -0.39 is 0 Å². The molecule has 6 nitrogen and oxygen atoms in total. The molecular weight excluding hydrogens is 423 g/mol. The van der Waals surface area contributed by atoms with Crippen LogP contribution in [-0.4, -0.2) is 15.7 Å². The molecule has 3 N–H and O–H groups in total. The van der Waals surface area contributed by atoms with Crippen LogP contribution in [0.25, 0.3) is 5.69 Å². The van der Waals surface area contributed by atoms with E-state index >= 15 is 0 Å². The Bertz CT molecular complexity index is 1110. The van der Waals surface area contributed by atoms with Gasteiger partial charge in [0.25, 0.3) is 11.5 Å². The number of hydrogen-bond acceptors (Lipinski definition) is 3. The van der Waals surface area contributed by atoms with E-state index in [2.05, 4.69) is 22.3 Å². The Morgan fingerprint density at radius 2 is 1.71 bits per heavy atom. The Morgan fingerprint density at radius 3 is 2.36 bits per heavy atom. The van der Waals surface area contributed by atoms with Crippen molar-refractivity contribution in [2.45, 2.75) is 6.92 Å². The number of carbonyl (C=O) groups is 1. The number of nitrogens with one attached hydrogen (secondary N) is 3. The maximum absolute atomic E-state index is 12.4. The summed E-state index contributed by atoms with van der Waals surface area (Å²) in [6.07, 6.45) is 0. The Kier molecular flexibility index (Phi) is 5.84. The maximum Gasteiger partial charge on any atom is 0.273 e. The second kappa shape index (κ2) is 8.14. The van der Waals surface area contributed by atoms with Crippen molar-refractivity contribution >= 4 is 57.9 Å². The maximum atomic E-state index is 12.4. The molecule has 0 spiro atoms. The number of hydrogen-bond donors (Lipinski definition) is 3. The molecule has 1 aromatic heterocycles. The van der Waals surface area contributed by atoms with Gasteiger partial charge in [-0.3, -0.25) is 14.7 Å². The number of benzene rings is 2. The lowest BCUT2D eigenvalue weighted by Crippen LogP contribution is -2.14. The molecule has 144 valence electrons. The number of carbonyl (C=O) groups excluding carboxylic acids is 1. The van der Waals surface area contributed by atoms with E-state index in [1.807, 2.05) is 0 Å². The topological polar surface area (TPSA) is 78.9 Å². The van der Waals surface area contributed by atoms with Gasteiger partial charge in [0.05, 0.1) is 10.0 Å². The van der Waals surface area contributed by atoms with Crippen LogP contribution in [0.5, 0.6) is 0 Å². The minimum atomic E-state index is -0.361. The molecule has 0 saturated carbocycles. The van der Waals surface area contributed by atoms with Crippen LogP contribution in [-0.2, 0) is 4.79 Å². The number of nitrogens with zero attached hydrogens (tertiary/aromatic N) is 1. The van der Waals surface area contributed by atoms with Crippen molar-refractivity contribution in [2.24, 2.45) is 0 Å². The lowest BCUT2D eigenvalue weighted by atomic mass is 10.2. The van der Waals surface area contributed by atoms with Gasteiger partial charge in [-0.1, -0.05) is 47.4 Å². The molecule has 0 bridgehead atoms. The molecular formula is C19H15Cl3N4O2. The van der Waals surface area contributed by atoms with E-state index in [-0.39, 0.29) is 21.5 Å². The molecule has 0 aliphatic heterocycles. The minimum absolute atomic E-state index is 0.234. The predicted molar refractivity (Wildman–Crippen MR) is 115 cm³/mol. The molecule has 0 radical (unpaired) electrons. The van der Waals surface area contributed by atoms with Gasteiger partial charge in [0.15, 0.2) is 0 Å². The first-order valence-electron chi connectivity index (χ1n) is 8.05. The third-order valence-electron chi connectivity index (χ3n) is 3.71. The van der Waals surface area contributed by atoms with E-state index in [0.717, 1.165) is 0 Å². The summed E-state index contributed by atoms with van der Waals surface area (Å²) in [4.78, 5) is 24.1. The first-order valence-corrected chi connectivity index (χ1v) is 9.19. The number of rotatable bonds is 5. The lowest BCUT2D eigenvalue weighted by molar-refractivity contribution is -0.112. The molecule has 3 aromatic rings. The number of anilines is 3. The van der Waals surface area contributed by atoms with Crippen LogP contribution in [0.15, 0.2) is 59.4 Å². The molecule has 28 heavy (non-hydrogen) atoms. The Labute approximate surface area is 175 Å². The molecule has 0 aliphatic carbocycles. The largest absolute Gasteiger partial charge is 0.340 e. The van der Waals surface area contributed by atoms with Gasteiger partial charge >= 0.3 is 0 Å². The third kappa shape index (κ3) is 4.42. The van der Waals surface area contributed by atoms with Crippen LogP contribution in [0, 0.1) is 0 Å². The average molecular weight is 438 g/mol. The van der Waals surface area contributed by atoms with Crippen LogP contribution >= 0.6 is 34.8 Å². The van der Waals surface area contributed by atoms with E-state index in [1.165, 1.54) is 22.9 Å². The standard InChI is InChI=1S/C19H15Cl3N4O2/c1-10(2)19(28)24-13-5-3-4-12(8-13)23-16-9-17(27)26(25-16)18-14(21)6-11(20)7-15(18)22/h3-9,23,25H,1H2,2H3,(H,24,28). The summed E-state index contributed by atoms with van der Waals surface area (Å²) in [5.74, 6) is 0.138. The minimum Gasteiger partial charge on any atom is -0.340 e. The zero-order chi connectivity index (χ0) is 20.4. The van der Waals surface area contributed by atoms with Crippen molar-refractivity contribution < 1.29 is 4.79 Å². The Balaban J connectivity index is 1.88. The molecule has 9 heteroatoms. The van der Waals surface area contributed by atoms with E-state index in [9.17, 15) is 9.59 Å². The number of halogens is 3. The van der Waals surface area contributed by atoms with Crippen molar-refractivity contribution in [2.75, 3.05) is 10.6 Å². The highest BCUT2D eigenvalue weighted by molar-refractivity contribution is 6.40. The molecule has 0 saturated heterocycles. The number of aromatic amines is 1. The predicted octanol–water partition coefficient (Wildman–Crippen LogP) is 5.38. The third-order valence-corrected chi connectivity index (χ3v) is 4.51. The summed E-state index contributed by atoms with van der Waals surface area (Å²) >= 11 is 18.3. The summed E-state index contributed by atoms with van der Waals surface area (Å²) in [5.41, 5.74) is 1.58. The fourth-order valence-corrected chi connectivity index (χ4v) is 3.43. The first kappa shape index (κ1) is 20.1. The van der Waals surface area contributed by atoms with E-state index in [0.29, 0.717) is 33.5 Å². The van der Waals surface area contributed by atoms with Crippen molar-refractivity contribution in [3.05, 3.63) is 80.0 Å². The van der Waals surface area contributed by atoms with Gasteiger partial charge in [-0.05, 0) is 37.3 Å². The SMILES string of the molecule is C=C(C)C(=O)Nc1cccc(Nc2cc(=O)n(-c3c(Cl)cc(Cl)cc3Cl)[nH]2)c1. The summed E-state index contributed by atoms with van der Waals surface area (Å²) in [6, 6.07) is 11.4. The fourth-order valence-electron chi connectivity index (χ4n) is 2.44. The highest BCUT2D eigenvalue weighted by atomic mass is 35.5. The molecule has 0 atom stereocenters. The Morgan fingerprint density at radius 1 is 1.07 bits per heavy atom. The van der Waals surface area contributed by atoms with Crippen LogP contribution in [0.3, 0.4) is 0 Å². The van der Waals surface area contributed by atoms with E-state index in [1.54, 1.807) is 31.2 Å². The number of H-pyrrole nitrogens is 1. The van der Waals surface area contributed by atoms with Crippen LogP contribution in [0.2, 0.25) is 15.1 Å². The van der Waals surface area contributed by atoms with Crippen LogP contribution in [0.4, 0.5) is 17.2 Å². The fraction of sp³-hybridized carbons (Fsp3) is 0.0526. The van der Waals surface area contributed by atoms with Gasteiger partial charge in [-0.2, -0.15) is 0 Å². The highest BCUT2D eigenvalue weighted by Crippen LogP contribution is 2.31. The summed E-state index contributed by atoms with van der Waals surface area (Å²) in [5, 5.41) is 9.53. The van der Waals surface area contributed by atoms with Crippen LogP contribution < -0.4 is 16.2 Å². The van der Waals surface area contributed by atoms with E-state index in [4.69, 9.17) is 34.8 Å². The van der Waals surface area contributed by atoms with Gasteiger partial charge in [0, 0.05) is 28.0 Å². The lowest BCUT2D eigenvalue weighted by Gasteiger charge is -2.10. The van der Waals surface area contributed by atoms with Gasteiger partial charge in [0.2, 0.25) is 0 Å². The molecule has 0 unspecified atom stereocenters. The molecule has 0 fully saturated rings. The highest BCUT2D eigenvalue weighted by Gasteiger charge is 2.14.